The summed E-state index contributed by atoms with van der Waals surface area (Å²) in [6, 6.07) is -4.24. The second-order valence-corrected chi connectivity index (χ2v) is 16.4. The SMILES string of the molecule is C=C(C)[C@@H](CN(C)C(=O)OC(C)(C)C)NC(=O)N[C@H](C(=O)N1C[C@H]2[C@@H]([C@H]1C(=O)NC(CC1CCC1)C(=O)C(N)=O)C2(C)C)C(C)(C)C. The highest BCUT2D eigenvalue weighted by Crippen LogP contribution is 2.65. The Balaban J connectivity index is 1.78. The van der Waals surface area contributed by atoms with Crippen LogP contribution in [0.1, 0.15) is 88.0 Å². The predicted octanol–water partition coefficient (Wildman–Crippen LogP) is 2.72. The van der Waals surface area contributed by atoms with E-state index in [-0.39, 0.29) is 29.7 Å². The smallest absolute Gasteiger partial charge is 0.410 e. The number of amides is 6. The second kappa shape index (κ2) is 13.8. The number of ketones is 1. The Labute approximate surface area is 279 Å². The molecule has 0 aromatic rings. The lowest BCUT2D eigenvalue weighted by Crippen LogP contribution is -2.62. The molecule has 0 radical (unpaired) electrons. The minimum atomic E-state index is -1.10. The second-order valence-electron chi connectivity index (χ2n) is 16.4. The van der Waals surface area contributed by atoms with Crippen LogP contribution < -0.4 is 21.7 Å². The Kier molecular flexibility index (Phi) is 11.1. The maximum Gasteiger partial charge on any atom is 0.410 e. The number of ether oxygens (including phenoxy) is 1. The van der Waals surface area contributed by atoms with Crippen molar-refractivity contribution in [3.63, 3.8) is 0 Å². The van der Waals surface area contributed by atoms with E-state index in [9.17, 15) is 28.8 Å². The monoisotopic (exact) mass is 660 g/mol. The number of hydrogen-bond donors (Lipinski definition) is 4. The molecule has 6 amide bonds. The molecule has 13 nitrogen and oxygen atoms in total. The van der Waals surface area contributed by atoms with Gasteiger partial charge in [0.25, 0.3) is 5.91 Å². The highest BCUT2D eigenvalue weighted by Gasteiger charge is 2.70. The van der Waals surface area contributed by atoms with Crippen molar-refractivity contribution in [1.82, 2.24) is 25.8 Å². The average molecular weight is 661 g/mol. The molecule has 1 unspecified atom stereocenters. The molecule has 3 rings (SSSR count). The standard InChI is InChI=1S/C34H56N6O7/c1-18(2)22(17-39(11)31(46)47-33(6,7)8)37-30(45)38-26(32(3,4)5)29(44)40-16-20-23(34(20,9)10)24(40)28(43)36-21(25(41)27(35)42)15-19-13-12-14-19/h19-24,26H,1,12-17H2,2-11H3,(H2,35,42)(H,36,43)(H2,37,38,45)/t20-,21?,22+,23-,24-,26+/m0/s1. The number of primary amides is 1. The molecule has 2 aliphatic carbocycles. The van der Waals surface area contributed by atoms with Crippen LogP contribution in [0, 0.1) is 28.6 Å². The summed E-state index contributed by atoms with van der Waals surface area (Å²) in [7, 11) is 1.56. The number of nitrogens with two attached hydrogens (primary N) is 1. The van der Waals surface area contributed by atoms with Crippen molar-refractivity contribution in [1.29, 1.82) is 0 Å². The number of nitrogens with one attached hydrogen (secondary N) is 3. The van der Waals surface area contributed by atoms with Gasteiger partial charge in [-0.25, -0.2) is 9.59 Å². The molecule has 47 heavy (non-hydrogen) atoms. The van der Waals surface area contributed by atoms with Crippen LogP contribution >= 0.6 is 0 Å². The van der Waals surface area contributed by atoms with Gasteiger partial charge in [0, 0.05) is 20.1 Å². The van der Waals surface area contributed by atoms with Crippen LogP contribution in [0.4, 0.5) is 9.59 Å². The van der Waals surface area contributed by atoms with E-state index in [0.29, 0.717) is 18.5 Å². The number of rotatable bonds is 12. The van der Waals surface area contributed by atoms with Crippen molar-refractivity contribution < 1.29 is 33.5 Å². The molecule has 3 fully saturated rings. The molecular formula is C34H56N6O7. The fourth-order valence-electron chi connectivity index (χ4n) is 6.69. The number of fused-ring (bicyclic) bond motifs is 1. The van der Waals surface area contributed by atoms with E-state index < -0.39 is 70.8 Å². The molecule has 3 aliphatic rings. The minimum Gasteiger partial charge on any atom is -0.444 e. The van der Waals surface area contributed by atoms with Crippen LogP contribution in [0.2, 0.25) is 0 Å². The normalized spacial score (nSPS) is 23.6. The van der Waals surface area contributed by atoms with Crippen LogP contribution in [-0.2, 0) is 23.9 Å². The van der Waals surface area contributed by atoms with Gasteiger partial charge in [0.05, 0.1) is 12.1 Å². The van der Waals surface area contributed by atoms with Crippen LogP contribution in [0.15, 0.2) is 12.2 Å². The third-order valence-electron chi connectivity index (χ3n) is 9.88. The molecule has 0 aromatic heterocycles. The lowest BCUT2D eigenvalue weighted by Gasteiger charge is -2.38. The van der Waals surface area contributed by atoms with Crippen molar-refractivity contribution in [2.45, 2.75) is 118 Å². The fourth-order valence-corrected chi connectivity index (χ4v) is 6.69. The molecule has 2 saturated carbocycles. The Bertz CT molecular complexity index is 1280. The van der Waals surface area contributed by atoms with Crippen molar-refractivity contribution in [3.8, 4) is 0 Å². The van der Waals surface area contributed by atoms with Gasteiger partial charge < -0.3 is 36.2 Å². The van der Waals surface area contributed by atoms with Gasteiger partial charge in [0.2, 0.25) is 17.6 Å². The summed E-state index contributed by atoms with van der Waals surface area (Å²) in [6.45, 7) is 20.9. The molecule has 1 aliphatic heterocycles. The molecule has 264 valence electrons. The highest BCUT2D eigenvalue weighted by molar-refractivity contribution is 6.37. The number of carbonyl (C=O) groups is 6. The highest BCUT2D eigenvalue weighted by atomic mass is 16.6. The van der Waals surface area contributed by atoms with Gasteiger partial charge in [0.1, 0.15) is 17.7 Å². The first-order valence-corrected chi connectivity index (χ1v) is 16.6. The molecule has 0 spiro atoms. The van der Waals surface area contributed by atoms with Gasteiger partial charge in [-0.2, -0.15) is 0 Å². The number of nitrogens with zero attached hydrogens (tertiary/aromatic N) is 2. The van der Waals surface area contributed by atoms with Crippen LogP contribution in [-0.4, -0.2) is 95.3 Å². The van der Waals surface area contributed by atoms with Crippen molar-refractivity contribution in [3.05, 3.63) is 12.2 Å². The molecular weight excluding hydrogens is 604 g/mol. The third-order valence-corrected chi connectivity index (χ3v) is 9.88. The van der Waals surface area contributed by atoms with E-state index in [2.05, 4.69) is 22.5 Å². The Morgan fingerprint density at radius 1 is 1.00 bits per heavy atom. The summed E-state index contributed by atoms with van der Waals surface area (Å²) < 4.78 is 5.42. The summed E-state index contributed by atoms with van der Waals surface area (Å²) in [5.74, 6) is -2.75. The lowest BCUT2D eigenvalue weighted by molar-refractivity contribution is -0.145. The number of piperidine rings is 1. The van der Waals surface area contributed by atoms with Crippen LogP contribution in [0.3, 0.4) is 0 Å². The van der Waals surface area contributed by atoms with Gasteiger partial charge in [-0.05, 0) is 62.7 Å². The van der Waals surface area contributed by atoms with E-state index in [1.165, 1.54) is 9.80 Å². The number of likely N-dealkylation sites (N-methyl/N-ethyl adjacent to an activating group) is 1. The van der Waals surface area contributed by atoms with Gasteiger partial charge in [-0.3, -0.25) is 19.2 Å². The molecule has 0 aromatic carbocycles. The number of urea groups is 1. The Hall–Kier alpha value is -3.64. The van der Waals surface area contributed by atoms with Crippen molar-refractivity contribution >= 4 is 35.6 Å². The summed E-state index contributed by atoms with van der Waals surface area (Å²) >= 11 is 0. The molecule has 13 heteroatoms. The minimum absolute atomic E-state index is 0.0600. The van der Waals surface area contributed by atoms with E-state index in [0.717, 1.165) is 19.3 Å². The van der Waals surface area contributed by atoms with Gasteiger partial charge >= 0.3 is 12.1 Å². The quantitative estimate of drug-likeness (QED) is 0.183. The van der Waals surface area contributed by atoms with Crippen LogP contribution in [0.5, 0.6) is 0 Å². The zero-order valence-corrected chi connectivity index (χ0v) is 29.8. The number of likely N-dealkylation sites (tertiary alicyclic amines) is 1. The molecule has 5 N–H and O–H groups in total. The largest absolute Gasteiger partial charge is 0.444 e. The predicted molar refractivity (Wildman–Crippen MR) is 177 cm³/mol. The topological polar surface area (TPSA) is 180 Å². The van der Waals surface area contributed by atoms with E-state index in [4.69, 9.17) is 10.5 Å². The maximum absolute atomic E-state index is 14.3. The van der Waals surface area contributed by atoms with Gasteiger partial charge in [-0.15, -0.1) is 0 Å². The number of Topliss-reactive ketones (excluding diaryl/α,β-unsaturated/α-hetero) is 1. The van der Waals surface area contributed by atoms with E-state index >= 15 is 0 Å². The zero-order valence-electron chi connectivity index (χ0n) is 29.8. The Morgan fingerprint density at radius 2 is 1.60 bits per heavy atom. The van der Waals surface area contributed by atoms with Gasteiger partial charge in [-0.1, -0.05) is 66.0 Å². The van der Waals surface area contributed by atoms with Crippen molar-refractivity contribution in [2.75, 3.05) is 20.1 Å². The van der Waals surface area contributed by atoms with Gasteiger partial charge in [0.15, 0.2) is 0 Å². The first-order valence-electron chi connectivity index (χ1n) is 16.6. The number of hydrogen-bond acceptors (Lipinski definition) is 7. The lowest BCUT2D eigenvalue weighted by atomic mass is 9.80. The summed E-state index contributed by atoms with van der Waals surface area (Å²) in [5.41, 5.74) is 4.28. The summed E-state index contributed by atoms with van der Waals surface area (Å²) in [5, 5.41) is 8.43. The van der Waals surface area contributed by atoms with Crippen LogP contribution in [0.25, 0.3) is 0 Å². The van der Waals surface area contributed by atoms with E-state index in [1.807, 2.05) is 34.6 Å². The average Bonchev–Trinajstić information content (AvgIpc) is 3.22. The van der Waals surface area contributed by atoms with Crippen molar-refractivity contribution in [2.24, 2.45) is 34.3 Å². The molecule has 1 heterocycles. The fraction of sp³-hybridized carbons (Fsp3) is 0.765. The molecule has 6 atom stereocenters. The summed E-state index contributed by atoms with van der Waals surface area (Å²) in [4.78, 5) is 81.5. The molecule has 1 saturated heterocycles. The third kappa shape index (κ3) is 9.04. The molecule has 0 bridgehead atoms. The van der Waals surface area contributed by atoms with E-state index in [1.54, 1.807) is 34.7 Å². The number of carbonyl (C=O) groups excluding carboxylic acids is 6. The zero-order chi connectivity index (χ0) is 35.8. The summed E-state index contributed by atoms with van der Waals surface area (Å²) in [6.07, 6.45) is 2.62. The first-order chi connectivity index (χ1) is 21.5. The first kappa shape index (κ1) is 37.8. The Morgan fingerprint density at radius 3 is 2.06 bits per heavy atom. The maximum atomic E-state index is 14.3.